The number of nitrogens with two attached hydrogens (primary N) is 1. The number of aryl methyl sites for hydroxylation is 2. The molecule has 4 atom stereocenters. The molecule has 1 amide bonds. The molecule has 2 N–H and O–H groups in total. The van der Waals surface area contributed by atoms with Gasteiger partial charge in [0.2, 0.25) is 5.91 Å². The predicted octanol–water partition coefficient (Wildman–Crippen LogP) is 7.25. The Labute approximate surface area is 289 Å². The molecule has 4 heterocycles. The highest BCUT2D eigenvalue weighted by Gasteiger charge is 2.42. The highest BCUT2D eigenvalue weighted by molar-refractivity contribution is 6.31. The monoisotopic (exact) mass is 679 g/mol. The number of carbonyl (C=O) groups excluding carboxylic acids is 1. The molecule has 49 heavy (non-hydrogen) atoms. The molecular formula is C38H39ClFN7O2. The maximum atomic E-state index is 17.5. The van der Waals surface area contributed by atoms with Gasteiger partial charge in [0.25, 0.3) is 0 Å². The van der Waals surface area contributed by atoms with Crippen molar-refractivity contribution < 1.29 is 13.9 Å². The van der Waals surface area contributed by atoms with Crippen LogP contribution in [0.2, 0.25) is 5.02 Å². The second-order valence-electron chi connectivity index (χ2n) is 13.4. The number of halogens is 2. The molecular weight excluding hydrogens is 641 g/mol. The molecule has 0 unspecified atom stereocenters. The summed E-state index contributed by atoms with van der Waals surface area (Å²) in [6.07, 6.45) is 4.87. The number of aromatic nitrogens is 4. The van der Waals surface area contributed by atoms with Crippen molar-refractivity contribution in [2.75, 3.05) is 26.3 Å². The predicted molar refractivity (Wildman–Crippen MR) is 188 cm³/mol. The smallest absolute Gasteiger partial charge is 0.249 e. The fourth-order valence-corrected chi connectivity index (χ4v) is 8.06. The fourth-order valence-electron chi connectivity index (χ4n) is 7.89. The maximum Gasteiger partial charge on any atom is 0.249 e. The van der Waals surface area contributed by atoms with Crippen molar-refractivity contribution in [1.82, 2.24) is 24.4 Å². The Morgan fingerprint density at radius 2 is 2.02 bits per heavy atom. The van der Waals surface area contributed by atoms with Gasteiger partial charge < -0.3 is 19.9 Å². The van der Waals surface area contributed by atoms with E-state index in [1.807, 2.05) is 43.9 Å². The molecule has 2 aliphatic rings. The zero-order valence-electron chi connectivity index (χ0n) is 28.1. The minimum absolute atomic E-state index is 0.0131. The van der Waals surface area contributed by atoms with E-state index in [2.05, 4.69) is 28.6 Å². The largest absolute Gasteiger partial charge is 0.370 e. The first kappa shape index (κ1) is 33.1. The third kappa shape index (κ3) is 5.54. The van der Waals surface area contributed by atoms with Gasteiger partial charge in [-0.05, 0) is 86.9 Å². The third-order valence-corrected chi connectivity index (χ3v) is 10.9. The van der Waals surface area contributed by atoms with E-state index in [9.17, 15) is 10.1 Å². The number of morpholine rings is 1. The highest BCUT2D eigenvalue weighted by Crippen LogP contribution is 2.50. The van der Waals surface area contributed by atoms with Gasteiger partial charge in [-0.25, -0.2) is 9.37 Å². The summed E-state index contributed by atoms with van der Waals surface area (Å²) < 4.78 is 25.3. The molecule has 9 nitrogen and oxygen atoms in total. The molecule has 0 bridgehead atoms. The molecule has 0 spiro atoms. The number of rotatable bonds is 8. The Bertz CT molecular complexity index is 2140. The summed E-state index contributed by atoms with van der Waals surface area (Å²) in [7, 11) is 0. The highest BCUT2D eigenvalue weighted by atomic mass is 35.5. The van der Waals surface area contributed by atoms with Crippen molar-refractivity contribution in [3.63, 3.8) is 0 Å². The SMILES string of the molecule is Cc1cnc(-c2nc3c(F)c(-c4cccc(Cl)c4C)c(CCC#N)cc3c3c2cc([C@@H](C)N2CCOCC2=O)n3[C@H]2[C@@H](CN)C[C@@H]2C)cn1. The maximum absolute atomic E-state index is 17.5. The van der Waals surface area contributed by atoms with E-state index in [0.717, 1.165) is 34.3 Å². The molecule has 5 aromatic rings. The fraction of sp³-hybridized carbons (Fsp3) is 0.395. The van der Waals surface area contributed by atoms with Crippen molar-refractivity contribution in [2.24, 2.45) is 17.6 Å². The van der Waals surface area contributed by atoms with Crippen LogP contribution in [0.5, 0.6) is 0 Å². The summed E-state index contributed by atoms with van der Waals surface area (Å²) in [5.41, 5.74) is 12.5. The first-order chi connectivity index (χ1) is 23.6. The number of benzene rings is 2. The lowest BCUT2D eigenvalue weighted by atomic mass is 9.70. The van der Waals surface area contributed by atoms with Crippen molar-refractivity contribution in [3.8, 4) is 28.6 Å². The summed E-state index contributed by atoms with van der Waals surface area (Å²) >= 11 is 6.56. The molecule has 1 aliphatic heterocycles. The Hall–Kier alpha value is -4.43. The minimum Gasteiger partial charge on any atom is -0.370 e. The van der Waals surface area contributed by atoms with Gasteiger partial charge >= 0.3 is 0 Å². The van der Waals surface area contributed by atoms with Crippen LogP contribution in [0.25, 0.3) is 44.3 Å². The standard InChI is InChI=1S/C38H39ClFN7O2/c1-20-13-25(16-42)37(20)47-31(23(4)46-11-12-49-19-32(46)48)15-28-35(30-18-43-21(2)17-44-30)45-36-27(38(28)47)14-24(7-6-10-41)33(34(36)40)26-8-5-9-29(39)22(26)3/h5,8-9,14-15,17-18,20,23,25,37H,6-7,11-13,16,19,42H2,1-4H3/t20-,23+,25+,37+/m0/s1. The summed E-state index contributed by atoms with van der Waals surface area (Å²) in [5, 5.41) is 11.6. The van der Waals surface area contributed by atoms with Crippen LogP contribution < -0.4 is 5.73 Å². The van der Waals surface area contributed by atoms with Crippen LogP contribution in [0.3, 0.4) is 0 Å². The molecule has 2 fully saturated rings. The Balaban J connectivity index is 1.63. The molecule has 1 aliphatic carbocycles. The second kappa shape index (κ2) is 13.1. The van der Waals surface area contributed by atoms with Crippen LogP contribution in [-0.2, 0) is 16.0 Å². The lowest BCUT2D eigenvalue weighted by molar-refractivity contribution is -0.145. The zero-order chi connectivity index (χ0) is 34.6. The number of nitriles is 1. The molecule has 11 heteroatoms. The average Bonchev–Trinajstić information content (AvgIpc) is 3.47. The lowest BCUT2D eigenvalue weighted by Gasteiger charge is -2.46. The van der Waals surface area contributed by atoms with Gasteiger partial charge in [-0.2, -0.15) is 5.26 Å². The van der Waals surface area contributed by atoms with E-state index in [0.29, 0.717) is 64.6 Å². The lowest BCUT2D eigenvalue weighted by Crippen LogP contribution is -2.45. The number of pyridine rings is 1. The van der Waals surface area contributed by atoms with Crippen LogP contribution in [0.15, 0.2) is 42.7 Å². The van der Waals surface area contributed by atoms with Crippen LogP contribution in [0, 0.1) is 42.8 Å². The first-order valence-corrected chi connectivity index (χ1v) is 17.2. The van der Waals surface area contributed by atoms with Crippen molar-refractivity contribution in [3.05, 3.63) is 76.1 Å². The van der Waals surface area contributed by atoms with Gasteiger partial charge in [-0.3, -0.25) is 14.8 Å². The average molecular weight is 680 g/mol. The Morgan fingerprint density at radius 3 is 2.71 bits per heavy atom. The van der Waals surface area contributed by atoms with Gasteiger partial charge in [0.05, 0.1) is 36.1 Å². The topological polar surface area (TPSA) is 123 Å². The number of fused-ring (bicyclic) bond motifs is 3. The van der Waals surface area contributed by atoms with Gasteiger partial charge in [-0.15, -0.1) is 0 Å². The van der Waals surface area contributed by atoms with Crippen molar-refractivity contribution >= 4 is 39.3 Å². The van der Waals surface area contributed by atoms with E-state index in [4.69, 9.17) is 32.0 Å². The van der Waals surface area contributed by atoms with E-state index in [1.165, 1.54) is 0 Å². The van der Waals surface area contributed by atoms with Gasteiger partial charge in [0, 0.05) is 52.3 Å². The normalized spacial score (nSPS) is 20.1. The number of ether oxygens (including phenoxy) is 1. The van der Waals surface area contributed by atoms with Crippen LogP contribution in [0.1, 0.15) is 61.3 Å². The first-order valence-electron chi connectivity index (χ1n) is 16.8. The van der Waals surface area contributed by atoms with Crippen LogP contribution in [0.4, 0.5) is 4.39 Å². The van der Waals surface area contributed by atoms with Gasteiger partial charge in [-0.1, -0.05) is 30.7 Å². The van der Waals surface area contributed by atoms with Crippen molar-refractivity contribution in [1.29, 1.82) is 5.26 Å². The Kier molecular flexibility index (Phi) is 8.86. The number of hydrogen-bond donors (Lipinski definition) is 1. The third-order valence-electron chi connectivity index (χ3n) is 10.4. The number of amides is 1. The summed E-state index contributed by atoms with van der Waals surface area (Å²) in [4.78, 5) is 29.3. The van der Waals surface area contributed by atoms with Gasteiger partial charge in [0.15, 0.2) is 5.82 Å². The molecule has 252 valence electrons. The quantitative estimate of drug-likeness (QED) is 0.183. The molecule has 7 rings (SSSR count). The van der Waals surface area contributed by atoms with E-state index in [-0.39, 0.29) is 48.4 Å². The minimum atomic E-state index is -0.484. The number of hydrogen-bond acceptors (Lipinski definition) is 7. The second-order valence-corrected chi connectivity index (χ2v) is 13.8. The van der Waals surface area contributed by atoms with Crippen LogP contribution >= 0.6 is 11.6 Å². The molecule has 1 saturated heterocycles. The molecule has 3 aromatic heterocycles. The summed E-state index contributed by atoms with van der Waals surface area (Å²) in [6.45, 7) is 9.43. The van der Waals surface area contributed by atoms with Crippen LogP contribution in [-0.4, -0.2) is 56.6 Å². The zero-order valence-corrected chi connectivity index (χ0v) is 28.9. The molecule has 1 saturated carbocycles. The van der Waals surface area contributed by atoms with E-state index < -0.39 is 5.82 Å². The molecule has 2 aromatic carbocycles. The number of nitrogens with zero attached hydrogens (tertiary/aromatic N) is 6. The van der Waals surface area contributed by atoms with Gasteiger partial charge in [0.1, 0.15) is 23.5 Å². The summed E-state index contributed by atoms with van der Waals surface area (Å²) in [6, 6.07) is 11.5. The van der Waals surface area contributed by atoms with Crippen molar-refractivity contribution in [2.45, 2.75) is 59.0 Å². The van der Waals surface area contributed by atoms with E-state index >= 15 is 4.39 Å². The van der Waals surface area contributed by atoms with E-state index in [1.54, 1.807) is 18.5 Å². The molecule has 0 radical (unpaired) electrons. The Morgan fingerprint density at radius 1 is 1.20 bits per heavy atom. The number of carbonyl (C=O) groups is 1. The summed E-state index contributed by atoms with van der Waals surface area (Å²) in [5.74, 6) is -0.0787.